The summed E-state index contributed by atoms with van der Waals surface area (Å²) in [7, 11) is 1.79. The normalized spacial score (nSPS) is 30.6. The van der Waals surface area contributed by atoms with Gasteiger partial charge >= 0.3 is 0 Å². The van der Waals surface area contributed by atoms with Gasteiger partial charge in [-0.15, -0.1) is 0 Å². The molecule has 0 aromatic rings. The van der Waals surface area contributed by atoms with E-state index >= 15 is 0 Å². The summed E-state index contributed by atoms with van der Waals surface area (Å²) in [6, 6.07) is 0.469. The Labute approximate surface area is 127 Å². The molecule has 3 rings (SSSR count). The molecule has 0 unspecified atom stereocenters. The average Bonchev–Trinajstić information content (AvgIpc) is 3.13. The third-order valence-electron chi connectivity index (χ3n) is 5.57. The lowest BCUT2D eigenvalue weighted by atomic mass is 9.77. The third-order valence-corrected chi connectivity index (χ3v) is 5.57. The molecule has 2 amide bonds. The maximum absolute atomic E-state index is 13.0. The van der Waals surface area contributed by atoms with Gasteiger partial charge in [0.1, 0.15) is 0 Å². The van der Waals surface area contributed by atoms with Crippen LogP contribution in [0.5, 0.6) is 0 Å². The number of hydrogen-bond acceptors (Lipinski definition) is 3. The van der Waals surface area contributed by atoms with Crippen molar-refractivity contribution in [1.82, 2.24) is 15.1 Å². The number of rotatable bonds is 3. The minimum absolute atomic E-state index is 0.125. The fraction of sp³-hybridized carbons (Fsp3) is 0.875. The van der Waals surface area contributed by atoms with Gasteiger partial charge in [-0.05, 0) is 39.2 Å². The Kier molecular flexibility index (Phi) is 4.20. The van der Waals surface area contributed by atoms with E-state index in [0.29, 0.717) is 25.0 Å². The van der Waals surface area contributed by atoms with Gasteiger partial charge in [-0.3, -0.25) is 9.59 Å². The highest BCUT2D eigenvalue weighted by Crippen LogP contribution is 2.42. The number of carbonyl (C=O) groups excluding carboxylic acids is 2. The second kappa shape index (κ2) is 5.95. The first kappa shape index (κ1) is 14.8. The number of hydrogen-bond donors (Lipinski definition) is 1. The Morgan fingerprint density at radius 1 is 1.24 bits per heavy atom. The number of likely N-dealkylation sites (N-methyl/N-ethyl adjacent to an activating group) is 1. The number of amides is 2. The van der Waals surface area contributed by atoms with Crippen LogP contribution in [0.3, 0.4) is 0 Å². The summed E-state index contributed by atoms with van der Waals surface area (Å²) in [5.41, 5.74) is -0.274. The van der Waals surface area contributed by atoms with Crippen LogP contribution < -0.4 is 5.32 Å². The van der Waals surface area contributed by atoms with Crippen molar-refractivity contribution < 1.29 is 9.59 Å². The van der Waals surface area contributed by atoms with Crippen LogP contribution in [0.4, 0.5) is 0 Å². The molecular weight excluding hydrogens is 266 g/mol. The van der Waals surface area contributed by atoms with Gasteiger partial charge in [0.15, 0.2) is 0 Å². The van der Waals surface area contributed by atoms with Crippen molar-refractivity contribution in [2.45, 2.75) is 51.0 Å². The van der Waals surface area contributed by atoms with E-state index in [-0.39, 0.29) is 11.3 Å². The van der Waals surface area contributed by atoms with E-state index in [2.05, 4.69) is 10.2 Å². The van der Waals surface area contributed by atoms with Crippen molar-refractivity contribution in [2.75, 3.05) is 33.2 Å². The zero-order valence-electron chi connectivity index (χ0n) is 13.1. The van der Waals surface area contributed by atoms with Gasteiger partial charge in [0, 0.05) is 25.7 Å². The van der Waals surface area contributed by atoms with Crippen LogP contribution in [-0.4, -0.2) is 60.9 Å². The van der Waals surface area contributed by atoms with Crippen LogP contribution in [0.1, 0.15) is 44.9 Å². The van der Waals surface area contributed by atoms with E-state index in [4.69, 9.17) is 0 Å². The first-order valence-electron chi connectivity index (χ1n) is 8.40. The molecular formula is C16H27N3O2. The van der Waals surface area contributed by atoms with Crippen LogP contribution in [0.25, 0.3) is 0 Å². The SMILES string of the molecule is CNCC(=O)N1CC[C@]2(CCCN(C3CCCC3)C2=O)C1. The summed E-state index contributed by atoms with van der Waals surface area (Å²) < 4.78 is 0. The Hall–Kier alpha value is -1.10. The lowest BCUT2D eigenvalue weighted by Gasteiger charge is -2.42. The van der Waals surface area contributed by atoms with Crippen molar-refractivity contribution in [1.29, 1.82) is 0 Å². The molecule has 0 aromatic heterocycles. The van der Waals surface area contributed by atoms with Gasteiger partial charge in [-0.2, -0.15) is 0 Å². The quantitative estimate of drug-likeness (QED) is 0.844. The van der Waals surface area contributed by atoms with Gasteiger partial charge in [0.25, 0.3) is 0 Å². The number of carbonyl (C=O) groups is 2. The zero-order chi connectivity index (χ0) is 14.9. The van der Waals surface area contributed by atoms with Crippen molar-refractivity contribution in [3.8, 4) is 0 Å². The molecule has 1 spiro atoms. The zero-order valence-corrected chi connectivity index (χ0v) is 13.1. The Morgan fingerprint density at radius 2 is 2.00 bits per heavy atom. The first-order valence-corrected chi connectivity index (χ1v) is 8.40. The van der Waals surface area contributed by atoms with E-state index in [9.17, 15) is 9.59 Å². The van der Waals surface area contributed by atoms with Gasteiger partial charge in [-0.25, -0.2) is 0 Å². The highest BCUT2D eigenvalue weighted by atomic mass is 16.2. The summed E-state index contributed by atoms with van der Waals surface area (Å²) in [5.74, 6) is 0.459. The van der Waals surface area contributed by atoms with Crippen molar-refractivity contribution in [3.63, 3.8) is 0 Å². The fourth-order valence-corrected chi connectivity index (χ4v) is 4.39. The van der Waals surface area contributed by atoms with Gasteiger partial charge < -0.3 is 15.1 Å². The van der Waals surface area contributed by atoms with Crippen LogP contribution in [0, 0.1) is 5.41 Å². The monoisotopic (exact) mass is 293 g/mol. The molecule has 2 aliphatic heterocycles. The molecule has 0 bridgehead atoms. The van der Waals surface area contributed by atoms with E-state index in [0.717, 1.165) is 32.4 Å². The lowest BCUT2D eigenvalue weighted by Crippen LogP contribution is -2.53. The molecule has 1 N–H and O–H groups in total. The van der Waals surface area contributed by atoms with E-state index in [1.165, 1.54) is 25.7 Å². The second-order valence-electron chi connectivity index (χ2n) is 6.92. The number of likely N-dealkylation sites (tertiary alicyclic amines) is 2. The molecule has 21 heavy (non-hydrogen) atoms. The standard InChI is InChI=1S/C16H27N3O2/c1-17-11-14(20)18-10-8-16(12-18)7-4-9-19(15(16)21)13-5-2-3-6-13/h13,17H,2-12H2,1H3/t16-/m1/s1. The molecule has 1 aliphatic carbocycles. The molecule has 3 fully saturated rings. The predicted molar refractivity (Wildman–Crippen MR) is 80.8 cm³/mol. The van der Waals surface area contributed by atoms with Crippen molar-refractivity contribution in [2.24, 2.45) is 5.41 Å². The van der Waals surface area contributed by atoms with Crippen LogP contribution >= 0.6 is 0 Å². The molecule has 2 saturated heterocycles. The highest BCUT2D eigenvalue weighted by molar-refractivity contribution is 5.86. The molecule has 1 atom stereocenters. The van der Waals surface area contributed by atoms with Crippen molar-refractivity contribution >= 4 is 11.8 Å². The Bertz CT molecular complexity index is 420. The molecule has 2 heterocycles. The van der Waals surface area contributed by atoms with E-state index in [1.807, 2.05) is 4.90 Å². The van der Waals surface area contributed by atoms with E-state index in [1.54, 1.807) is 7.05 Å². The minimum Gasteiger partial charge on any atom is -0.340 e. The van der Waals surface area contributed by atoms with Gasteiger partial charge in [0.2, 0.25) is 11.8 Å². The predicted octanol–water partition coefficient (Wildman–Crippen LogP) is 0.989. The number of piperidine rings is 1. The summed E-state index contributed by atoms with van der Waals surface area (Å²) >= 11 is 0. The van der Waals surface area contributed by atoms with Gasteiger partial charge in [-0.1, -0.05) is 12.8 Å². The average molecular weight is 293 g/mol. The molecule has 118 valence electrons. The number of nitrogens with zero attached hydrogens (tertiary/aromatic N) is 2. The smallest absolute Gasteiger partial charge is 0.236 e. The van der Waals surface area contributed by atoms with Crippen LogP contribution in [-0.2, 0) is 9.59 Å². The van der Waals surface area contributed by atoms with Crippen molar-refractivity contribution in [3.05, 3.63) is 0 Å². The number of nitrogens with one attached hydrogen (secondary N) is 1. The molecule has 0 aromatic carbocycles. The van der Waals surface area contributed by atoms with Crippen LogP contribution in [0.2, 0.25) is 0 Å². The topological polar surface area (TPSA) is 52.7 Å². The Morgan fingerprint density at radius 3 is 2.71 bits per heavy atom. The Balaban J connectivity index is 1.69. The largest absolute Gasteiger partial charge is 0.340 e. The van der Waals surface area contributed by atoms with Gasteiger partial charge in [0.05, 0.1) is 12.0 Å². The second-order valence-corrected chi connectivity index (χ2v) is 6.92. The maximum Gasteiger partial charge on any atom is 0.236 e. The summed E-state index contributed by atoms with van der Waals surface area (Å²) in [4.78, 5) is 29.1. The fourth-order valence-electron chi connectivity index (χ4n) is 4.39. The summed E-state index contributed by atoms with van der Waals surface area (Å²) in [6.07, 6.45) is 7.76. The molecule has 3 aliphatic rings. The molecule has 5 heteroatoms. The third kappa shape index (κ3) is 2.68. The molecule has 5 nitrogen and oxygen atoms in total. The van der Waals surface area contributed by atoms with E-state index < -0.39 is 0 Å². The summed E-state index contributed by atoms with van der Waals surface area (Å²) in [6.45, 7) is 2.67. The lowest BCUT2D eigenvalue weighted by molar-refractivity contribution is -0.148. The summed E-state index contributed by atoms with van der Waals surface area (Å²) in [5, 5.41) is 2.91. The van der Waals surface area contributed by atoms with Crippen LogP contribution in [0.15, 0.2) is 0 Å². The maximum atomic E-state index is 13.0. The minimum atomic E-state index is -0.274. The molecule has 1 saturated carbocycles. The molecule has 0 radical (unpaired) electrons. The highest BCUT2D eigenvalue weighted by Gasteiger charge is 2.50. The first-order chi connectivity index (χ1) is 10.2.